The molecule has 3 rings (SSSR count). The lowest BCUT2D eigenvalue weighted by molar-refractivity contribution is 0.0380. The Labute approximate surface area is 129 Å². The van der Waals surface area contributed by atoms with Crippen LogP contribution < -0.4 is 5.73 Å². The van der Waals surface area contributed by atoms with Crippen LogP contribution in [0.15, 0.2) is 22.7 Å². The molecule has 2 aromatic rings. The van der Waals surface area contributed by atoms with Crippen molar-refractivity contribution in [2.45, 2.75) is 26.4 Å². The number of esters is 1. The number of nitrogen functional groups attached to an aromatic ring is 1. The van der Waals surface area contributed by atoms with E-state index >= 15 is 0 Å². The van der Waals surface area contributed by atoms with Crippen molar-refractivity contribution in [3.63, 3.8) is 0 Å². The molecule has 1 aromatic carbocycles. The second kappa shape index (κ2) is 4.90. The van der Waals surface area contributed by atoms with Gasteiger partial charge in [-0.3, -0.25) is 0 Å². The highest BCUT2D eigenvalue weighted by Crippen LogP contribution is 2.47. The third kappa shape index (κ3) is 2.15. The van der Waals surface area contributed by atoms with Gasteiger partial charge in [0.05, 0.1) is 6.10 Å². The Morgan fingerprint density at radius 2 is 2.20 bits per heavy atom. The molecule has 0 aliphatic heterocycles. The van der Waals surface area contributed by atoms with E-state index in [0.29, 0.717) is 10.6 Å². The second-order valence-corrected chi connectivity index (χ2v) is 7.12. The molecule has 5 heteroatoms. The minimum Gasteiger partial charge on any atom is -0.459 e. The number of halogens is 1. The molecule has 1 aliphatic carbocycles. The Kier molecular flexibility index (Phi) is 3.34. The number of hydrogen-bond donors (Lipinski definition) is 1. The van der Waals surface area contributed by atoms with Gasteiger partial charge in [-0.25, -0.2) is 4.79 Å². The molecule has 0 amide bonds. The van der Waals surface area contributed by atoms with Crippen molar-refractivity contribution >= 4 is 38.2 Å². The summed E-state index contributed by atoms with van der Waals surface area (Å²) < 4.78 is 6.36. The molecule has 0 unspecified atom stereocenters. The number of carbonyl (C=O) groups excluding carboxylic acids is 1. The van der Waals surface area contributed by atoms with Gasteiger partial charge < -0.3 is 10.5 Å². The van der Waals surface area contributed by atoms with Gasteiger partial charge in [0.2, 0.25) is 0 Å². The Morgan fingerprint density at radius 1 is 1.45 bits per heavy atom. The number of nitrogens with two attached hydrogens (primary N) is 1. The highest BCUT2D eigenvalue weighted by molar-refractivity contribution is 9.10. The van der Waals surface area contributed by atoms with E-state index in [1.54, 1.807) is 0 Å². The molecule has 0 radical (unpaired) electrons. The van der Waals surface area contributed by atoms with Crippen molar-refractivity contribution in [3.8, 4) is 11.1 Å². The van der Waals surface area contributed by atoms with E-state index in [2.05, 4.69) is 22.0 Å². The normalized spacial score (nSPS) is 12.4. The first-order valence-electron chi connectivity index (χ1n) is 6.38. The van der Waals surface area contributed by atoms with Crippen molar-refractivity contribution < 1.29 is 9.53 Å². The molecule has 0 atom stereocenters. The van der Waals surface area contributed by atoms with Gasteiger partial charge >= 0.3 is 5.97 Å². The molecule has 3 nitrogen and oxygen atoms in total. The van der Waals surface area contributed by atoms with E-state index in [9.17, 15) is 4.79 Å². The highest BCUT2D eigenvalue weighted by atomic mass is 79.9. The lowest BCUT2D eigenvalue weighted by Crippen LogP contribution is -2.13. The zero-order valence-electron chi connectivity index (χ0n) is 11.2. The number of thiophene rings is 1. The van der Waals surface area contributed by atoms with Crippen LogP contribution in [0, 0.1) is 0 Å². The van der Waals surface area contributed by atoms with Crippen LogP contribution in [0.3, 0.4) is 0 Å². The zero-order chi connectivity index (χ0) is 14.4. The van der Waals surface area contributed by atoms with Crippen LogP contribution in [-0.2, 0) is 11.2 Å². The largest absolute Gasteiger partial charge is 0.459 e. The van der Waals surface area contributed by atoms with Crippen molar-refractivity contribution in [2.24, 2.45) is 0 Å². The third-order valence-corrected chi connectivity index (χ3v) is 4.76. The average molecular weight is 352 g/mol. The van der Waals surface area contributed by atoms with Crippen LogP contribution in [0.1, 0.15) is 34.6 Å². The molecule has 1 aliphatic rings. The van der Waals surface area contributed by atoms with Gasteiger partial charge in [-0.05, 0) is 37.1 Å². The molecular weight excluding hydrogens is 338 g/mol. The lowest BCUT2D eigenvalue weighted by atomic mass is 10.0. The van der Waals surface area contributed by atoms with Gasteiger partial charge in [-0.1, -0.05) is 22.0 Å². The summed E-state index contributed by atoms with van der Waals surface area (Å²) in [5.74, 6) is -0.328. The SMILES string of the molecule is CC(C)OC(=O)c1c(N)sc2c1-c1ccc(Br)cc1C2. The Bertz CT molecular complexity index is 706. The van der Waals surface area contributed by atoms with Crippen molar-refractivity contribution in [3.05, 3.63) is 38.7 Å². The van der Waals surface area contributed by atoms with Crippen LogP contribution >= 0.6 is 27.3 Å². The number of ether oxygens (including phenoxy) is 1. The van der Waals surface area contributed by atoms with E-state index < -0.39 is 0 Å². The molecule has 1 aromatic heterocycles. The highest BCUT2D eigenvalue weighted by Gasteiger charge is 2.30. The summed E-state index contributed by atoms with van der Waals surface area (Å²) >= 11 is 4.96. The quantitative estimate of drug-likeness (QED) is 0.703. The fourth-order valence-corrected chi connectivity index (χ4v) is 4.01. The van der Waals surface area contributed by atoms with Crippen molar-refractivity contribution in [1.82, 2.24) is 0 Å². The van der Waals surface area contributed by atoms with Gasteiger partial charge in [-0.15, -0.1) is 11.3 Å². The third-order valence-electron chi connectivity index (χ3n) is 3.24. The molecule has 0 saturated heterocycles. The van der Waals surface area contributed by atoms with Crippen LogP contribution in [0.4, 0.5) is 5.00 Å². The van der Waals surface area contributed by atoms with E-state index in [0.717, 1.165) is 26.9 Å². The van der Waals surface area contributed by atoms with E-state index in [4.69, 9.17) is 10.5 Å². The topological polar surface area (TPSA) is 52.3 Å². The molecular formula is C15H14BrNO2S. The first kappa shape index (κ1) is 13.6. The summed E-state index contributed by atoms with van der Waals surface area (Å²) in [6.07, 6.45) is 0.678. The van der Waals surface area contributed by atoms with Crippen molar-refractivity contribution in [2.75, 3.05) is 5.73 Å². The zero-order valence-corrected chi connectivity index (χ0v) is 13.6. The number of hydrogen-bond acceptors (Lipinski definition) is 4. The molecule has 2 N–H and O–H groups in total. The minimum absolute atomic E-state index is 0.150. The van der Waals surface area contributed by atoms with E-state index in [1.165, 1.54) is 16.9 Å². The molecule has 1 heterocycles. The van der Waals surface area contributed by atoms with Gasteiger partial charge in [-0.2, -0.15) is 0 Å². The standard InChI is InChI=1S/C15H14BrNO2S/c1-7(2)19-15(18)13-12-10-4-3-9(16)5-8(10)6-11(12)20-14(13)17/h3-5,7H,6,17H2,1-2H3. The first-order chi connectivity index (χ1) is 9.47. The fraction of sp³-hybridized carbons (Fsp3) is 0.267. The molecule has 104 valence electrons. The summed E-state index contributed by atoms with van der Waals surface area (Å²) in [6, 6.07) is 6.11. The summed E-state index contributed by atoms with van der Waals surface area (Å²) in [5, 5.41) is 0.550. The monoisotopic (exact) mass is 351 g/mol. The molecule has 0 bridgehead atoms. The Hall–Kier alpha value is -1.33. The van der Waals surface area contributed by atoms with Gasteiger partial charge in [0.1, 0.15) is 10.6 Å². The predicted octanol–water partition coefficient (Wildman–Crippen LogP) is 4.23. The van der Waals surface area contributed by atoms with E-state index in [1.807, 2.05) is 26.0 Å². The van der Waals surface area contributed by atoms with Crippen LogP contribution in [0.25, 0.3) is 11.1 Å². The van der Waals surface area contributed by atoms with Gasteiger partial charge in [0.25, 0.3) is 0 Å². The van der Waals surface area contributed by atoms with Gasteiger partial charge in [0, 0.05) is 21.3 Å². The fourth-order valence-electron chi connectivity index (χ4n) is 2.51. The smallest absolute Gasteiger partial charge is 0.342 e. The Morgan fingerprint density at radius 3 is 2.90 bits per heavy atom. The lowest BCUT2D eigenvalue weighted by Gasteiger charge is -2.09. The van der Waals surface area contributed by atoms with Crippen LogP contribution in [0.5, 0.6) is 0 Å². The van der Waals surface area contributed by atoms with Crippen molar-refractivity contribution in [1.29, 1.82) is 0 Å². The second-order valence-electron chi connectivity index (χ2n) is 5.07. The number of benzene rings is 1. The summed E-state index contributed by atoms with van der Waals surface area (Å²) in [5.41, 5.74) is 9.82. The molecule has 20 heavy (non-hydrogen) atoms. The maximum absolute atomic E-state index is 12.3. The number of anilines is 1. The Balaban J connectivity index is 2.12. The summed E-state index contributed by atoms with van der Waals surface area (Å²) in [4.78, 5) is 13.4. The molecule has 0 spiro atoms. The first-order valence-corrected chi connectivity index (χ1v) is 7.99. The predicted molar refractivity (Wildman–Crippen MR) is 85.2 cm³/mol. The van der Waals surface area contributed by atoms with E-state index in [-0.39, 0.29) is 12.1 Å². The number of fused-ring (bicyclic) bond motifs is 3. The van der Waals surface area contributed by atoms with Crippen LogP contribution in [-0.4, -0.2) is 12.1 Å². The number of rotatable bonds is 2. The van der Waals surface area contributed by atoms with Gasteiger partial charge in [0.15, 0.2) is 0 Å². The number of carbonyl (C=O) groups is 1. The summed E-state index contributed by atoms with van der Waals surface area (Å²) in [6.45, 7) is 3.68. The maximum Gasteiger partial charge on any atom is 0.342 e. The molecule has 0 fully saturated rings. The van der Waals surface area contributed by atoms with Crippen LogP contribution in [0.2, 0.25) is 0 Å². The average Bonchev–Trinajstić information content (AvgIpc) is 2.81. The maximum atomic E-state index is 12.3. The molecule has 0 saturated carbocycles. The minimum atomic E-state index is -0.328. The summed E-state index contributed by atoms with van der Waals surface area (Å²) in [7, 11) is 0.